The first kappa shape index (κ1) is 23.1. The van der Waals surface area contributed by atoms with Crippen molar-refractivity contribution in [2.75, 3.05) is 32.8 Å². The van der Waals surface area contributed by atoms with E-state index >= 15 is 0 Å². The normalized spacial score (nSPS) is 16.2. The Labute approximate surface area is 180 Å². The highest BCUT2D eigenvalue weighted by Crippen LogP contribution is 2.31. The first-order valence-electron chi connectivity index (χ1n) is 10.3. The number of hydrogen-bond donors (Lipinski definition) is 1. The van der Waals surface area contributed by atoms with Gasteiger partial charge in [-0.1, -0.05) is 24.3 Å². The van der Waals surface area contributed by atoms with Gasteiger partial charge in [-0.15, -0.1) is 0 Å². The molecule has 0 aromatic heterocycles. The average Bonchev–Trinajstić information content (AvgIpc) is 2.74. The van der Waals surface area contributed by atoms with Crippen LogP contribution in [0, 0.1) is 0 Å². The number of ether oxygens (including phenoxy) is 2. The van der Waals surface area contributed by atoms with Gasteiger partial charge in [-0.25, -0.2) is 0 Å². The Balaban J connectivity index is 1.77. The molecule has 1 unspecified atom stereocenters. The van der Waals surface area contributed by atoms with E-state index in [2.05, 4.69) is 10.2 Å². The zero-order valence-electron chi connectivity index (χ0n) is 17.6. The summed E-state index contributed by atoms with van der Waals surface area (Å²) in [6.07, 6.45) is -4.47. The van der Waals surface area contributed by atoms with Gasteiger partial charge in [0, 0.05) is 19.6 Å². The molecule has 8 heteroatoms. The quantitative estimate of drug-likeness (QED) is 0.703. The highest BCUT2D eigenvalue weighted by Gasteiger charge is 2.31. The first-order chi connectivity index (χ1) is 14.8. The summed E-state index contributed by atoms with van der Waals surface area (Å²) < 4.78 is 50.0. The van der Waals surface area contributed by atoms with Crippen molar-refractivity contribution in [3.63, 3.8) is 0 Å². The predicted octanol–water partition coefficient (Wildman–Crippen LogP) is 4.30. The average molecular weight is 436 g/mol. The van der Waals surface area contributed by atoms with Crippen LogP contribution in [0.5, 0.6) is 5.75 Å². The highest BCUT2D eigenvalue weighted by molar-refractivity contribution is 5.96. The lowest BCUT2D eigenvalue weighted by Crippen LogP contribution is -2.43. The van der Waals surface area contributed by atoms with E-state index in [9.17, 15) is 18.0 Å². The maximum atomic E-state index is 12.9. The second-order valence-electron chi connectivity index (χ2n) is 7.66. The second kappa shape index (κ2) is 10.2. The highest BCUT2D eigenvalue weighted by atomic mass is 19.4. The van der Waals surface area contributed by atoms with Crippen LogP contribution in [0.3, 0.4) is 0 Å². The topological polar surface area (TPSA) is 50.8 Å². The predicted molar refractivity (Wildman–Crippen MR) is 111 cm³/mol. The molecule has 1 aliphatic rings. The third kappa shape index (κ3) is 6.21. The number of hydrogen-bond acceptors (Lipinski definition) is 4. The summed E-state index contributed by atoms with van der Waals surface area (Å²) in [5.74, 6) is 0.203. The zero-order chi connectivity index (χ0) is 22.4. The lowest BCUT2D eigenvalue weighted by atomic mass is 10.0. The van der Waals surface area contributed by atoms with Crippen molar-refractivity contribution in [1.82, 2.24) is 10.2 Å². The molecular weight excluding hydrogens is 409 g/mol. The molecule has 1 atom stereocenters. The minimum atomic E-state index is -4.39. The van der Waals surface area contributed by atoms with Gasteiger partial charge in [-0.2, -0.15) is 13.2 Å². The van der Waals surface area contributed by atoms with Crippen LogP contribution in [-0.2, 0) is 10.9 Å². The van der Waals surface area contributed by atoms with Gasteiger partial charge in [0.1, 0.15) is 5.75 Å². The van der Waals surface area contributed by atoms with Crippen LogP contribution in [0.2, 0.25) is 0 Å². The second-order valence-corrected chi connectivity index (χ2v) is 7.66. The number of carbonyl (C=O) groups excluding carboxylic acids is 1. The first-order valence-corrected chi connectivity index (χ1v) is 10.3. The van der Waals surface area contributed by atoms with Crippen molar-refractivity contribution in [3.8, 4) is 5.75 Å². The molecule has 1 saturated heterocycles. The number of alkyl halides is 3. The van der Waals surface area contributed by atoms with E-state index in [1.165, 1.54) is 12.1 Å². The fraction of sp³-hybridized carbons (Fsp3) is 0.435. The lowest BCUT2D eigenvalue weighted by Gasteiger charge is -2.35. The van der Waals surface area contributed by atoms with Gasteiger partial charge < -0.3 is 14.8 Å². The number of nitrogens with zero attached hydrogens (tertiary/aromatic N) is 1. The smallest absolute Gasteiger partial charge is 0.416 e. The van der Waals surface area contributed by atoms with Crippen LogP contribution >= 0.6 is 0 Å². The van der Waals surface area contributed by atoms with Crippen LogP contribution in [0.1, 0.15) is 41.4 Å². The fourth-order valence-electron chi connectivity index (χ4n) is 3.54. The zero-order valence-corrected chi connectivity index (χ0v) is 17.6. The minimum absolute atomic E-state index is 0.0813. The van der Waals surface area contributed by atoms with Gasteiger partial charge >= 0.3 is 6.18 Å². The van der Waals surface area contributed by atoms with Gasteiger partial charge in [0.05, 0.1) is 36.5 Å². The molecule has 1 heterocycles. The Morgan fingerprint density at radius 2 is 1.74 bits per heavy atom. The van der Waals surface area contributed by atoms with Crippen LogP contribution in [0.15, 0.2) is 48.5 Å². The summed E-state index contributed by atoms with van der Waals surface area (Å²) in [6.45, 7) is 6.36. The Morgan fingerprint density at radius 1 is 1.10 bits per heavy atom. The maximum absolute atomic E-state index is 12.9. The molecule has 1 amide bonds. The molecule has 168 valence electrons. The molecule has 0 saturated carbocycles. The summed E-state index contributed by atoms with van der Waals surface area (Å²) in [6, 6.07) is 11.8. The number of para-hydroxylation sites is 1. The van der Waals surface area contributed by atoms with E-state index in [0.717, 1.165) is 12.1 Å². The monoisotopic (exact) mass is 436 g/mol. The van der Waals surface area contributed by atoms with E-state index in [0.29, 0.717) is 43.2 Å². The number of carbonyl (C=O) groups is 1. The number of halogens is 3. The molecule has 2 aromatic rings. The van der Waals surface area contributed by atoms with Crippen molar-refractivity contribution in [1.29, 1.82) is 0 Å². The van der Waals surface area contributed by atoms with E-state index < -0.39 is 11.7 Å². The molecule has 0 aliphatic carbocycles. The van der Waals surface area contributed by atoms with Crippen LogP contribution < -0.4 is 10.1 Å². The Hall–Kier alpha value is -2.58. The lowest BCUT2D eigenvalue weighted by molar-refractivity contribution is -0.137. The molecular formula is C23H27F3N2O3. The Bertz CT molecular complexity index is 863. The SMILES string of the molecule is CC(C)Oc1ccccc1C(=O)NCC(c1ccc(C(F)(F)F)cc1)N1CCOCC1. The van der Waals surface area contributed by atoms with E-state index in [4.69, 9.17) is 9.47 Å². The summed E-state index contributed by atoms with van der Waals surface area (Å²) in [7, 11) is 0. The Morgan fingerprint density at radius 3 is 2.35 bits per heavy atom. The minimum Gasteiger partial charge on any atom is -0.490 e. The molecule has 0 bridgehead atoms. The van der Waals surface area contributed by atoms with Crippen molar-refractivity contribution < 1.29 is 27.4 Å². The standard InChI is InChI=1S/C23H27F3N2O3/c1-16(2)31-21-6-4-3-5-19(21)22(29)27-15-20(28-11-13-30-14-12-28)17-7-9-18(10-8-17)23(24,25)26/h3-10,16,20H,11-15H2,1-2H3,(H,27,29). The molecule has 31 heavy (non-hydrogen) atoms. The molecule has 2 aromatic carbocycles. The summed E-state index contributed by atoms with van der Waals surface area (Å²) in [5, 5.41) is 2.93. The van der Waals surface area contributed by atoms with E-state index in [1.807, 2.05) is 13.8 Å². The van der Waals surface area contributed by atoms with Crippen LogP contribution in [-0.4, -0.2) is 49.8 Å². The van der Waals surface area contributed by atoms with Crippen molar-refractivity contribution in [2.24, 2.45) is 0 Å². The molecule has 1 fully saturated rings. The number of rotatable bonds is 7. The maximum Gasteiger partial charge on any atom is 0.416 e. The van der Waals surface area contributed by atoms with Crippen LogP contribution in [0.4, 0.5) is 13.2 Å². The van der Waals surface area contributed by atoms with Crippen molar-refractivity contribution in [2.45, 2.75) is 32.2 Å². The summed E-state index contributed by atoms with van der Waals surface area (Å²) in [4.78, 5) is 15.0. The van der Waals surface area contributed by atoms with E-state index in [1.54, 1.807) is 24.3 Å². The number of benzene rings is 2. The molecule has 1 aliphatic heterocycles. The molecule has 1 N–H and O–H groups in total. The third-order valence-corrected chi connectivity index (χ3v) is 5.06. The molecule has 5 nitrogen and oxygen atoms in total. The summed E-state index contributed by atoms with van der Waals surface area (Å²) in [5.41, 5.74) is 0.437. The number of morpholine rings is 1. The fourth-order valence-corrected chi connectivity index (χ4v) is 3.54. The van der Waals surface area contributed by atoms with Gasteiger partial charge in [0.25, 0.3) is 5.91 Å². The Kier molecular flexibility index (Phi) is 7.56. The third-order valence-electron chi connectivity index (χ3n) is 5.06. The largest absolute Gasteiger partial charge is 0.490 e. The van der Waals surface area contributed by atoms with Gasteiger partial charge in [-0.3, -0.25) is 9.69 Å². The number of nitrogens with one attached hydrogen (secondary N) is 1. The van der Waals surface area contributed by atoms with Crippen LogP contribution in [0.25, 0.3) is 0 Å². The molecule has 3 rings (SSSR count). The number of amides is 1. The van der Waals surface area contributed by atoms with Gasteiger partial charge in [0.15, 0.2) is 0 Å². The molecule has 0 spiro atoms. The van der Waals surface area contributed by atoms with Gasteiger partial charge in [-0.05, 0) is 43.7 Å². The van der Waals surface area contributed by atoms with Crippen molar-refractivity contribution >= 4 is 5.91 Å². The van der Waals surface area contributed by atoms with Gasteiger partial charge in [0.2, 0.25) is 0 Å². The van der Waals surface area contributed by atoms with Crippen molar-refractivity contribution in [3.05, 3.63) is 65.2 Å². The molecule has 0 radical (unpaired) electrons. The summed E-state index contributed by atoms with van der Waals surface area (Å²) >= 11 is 0. The van der Waals surface area contributed by atoms with E-state index in [-0.39, 0.29) is 24.6 Å².